The predicted octanol–water partition coefficient (Wildman–Crippen LogP) is 4.96. The summed E-state index contributed by atoms with van der Waals surface area (Å²) in [7, 11) is 0. The fourth-order valence-electron chi connectivity index (χ4n) is 2.67. The Labute approximate surface area is 177 Å². The fraction of sp³-hybridized carbons (Fsp3) is 0.250. The van der Waals surface area contributed by atoms with Crippen molar-refractivity contribution in [2.45, 2.75) is 31.7 Å². The summed E-state index contributed by atoms with van der Waals surface area (Å²) in [6.45, 7) is 4.42. The van der Waals surface area contributed by atoms with Crippen LogP contribution in [-0.4, -0.2) is 26.4 Å². The first-order valence-corrected chi connectivity index (χ1v) is 10.4. The third-order valence-electron chi connectivity index (χ3n) is 4.05. The van der Waals surface area contributed by atoms with E-state index in [9.17, 15) is 9.18 Å². The minimum atomic E-state index is -0.476. The van der Waals surface area contributed by atoms with Crippen LogP contribution in [0, 0.1) is 5.82 Å². The second-order valence-corrected chi connectivity index (χ2v) is 7.44. The van der Waals surface area contributed by atoms with Crippen molar-refractivity contribution < 1.29 is 13.9 Å². The lowest BCUT2D eigenvalue weighted by atomic mass is 10.3. The van der Waals surface area contributed by atoms with Crippen molar-refractivity contribution in [1.82, 2.24) is 14.8 Å². The Hall–Kier alpha value is -2.58. The molecule has 6 nitrogen and oxygen atoms in total. The van der Waals surface area contributed by atoms with Crippen LogP contribution < -0.4 is 10.1 Å². The van der Waals surface area contributed by atoms with E-state index < -0.39 is 5.82 Å². The highest BCUT2D eigenvalue weighted by Crippen LogP contribution is 2.29. The first-order valence-electron chi connectivity index (χ1n) is 9.01. The number of para-hydroxylation sites is 2. The van der Waals surface area contributed by atoms with Gasteiger partial charge in [0.15, 0.2) is 17.1 Å². The van der Waals surface area contributed by atoms with Crippen LogP contribution in [0.4, 0.5) is 10.1 Å². The summed E-state index contributed by atoms with van der Waals surface area (Å²) in [5.41, 5.74) is 0.150. The third-order valence-corrected chi connectivity index (χ3v) is 5.33. The highest BCUT2D eigenvalue weighted by molar-refractivity contribution is 7.99. The van der Waals surface area contributed by atoms with Crippen LogP contribution in [0.3, 0.4) is 0 Å². The van der Waals surface area contributed by atoms with Gasteiger partial charge in [0.05, 0.1) is 16.5 Å². The van der Waals surface area contributed by atoms with Crippen molar-refractivity contribution >= 4 is 35.0 Å². The van der Waals surface area contributed by atoms with Crippen LogP contribution in [0.1, 0.15) is 25.8 Å². The number of nitrogens with one attached hydrogen (secondary N) is 1. The number of carbonyl (C=O) groups excluding carboxylic acids is 1. The molecule has 152 valence electrons. The van der Waals surface area contributed by atoms with Gasteiger partial charge in [-0.05, 0) is 38.1 Å². The van der Waals surface area contributed by atoms with Crippen LogP contribution in [0.5, 0.6) is 5.75 Å². The van der Waals surface area contributed by atoms with Crippen LogP contribution in [0.15, 0.2) is 53.7 Å². The molecular formula is C20H20ClFN4O2S. The lowest BCUT2D eigenvalue weighted by Crippen LogP contribution is -2.16. The average Bonchev–Trinajstić information content (AvgIpc) is 3.13. The summed E-state index contributed by atoms with van der Waals surface area (Å²) in [6.07, 6.45) is -0.385. The molecule has 3 aromatic rings. The molecule has 2 aromatic carbocycles. The second kappa shape index (κ2) is 9.76. The number of nitrogens with zero attached hydrogens (tertiary/aromatic N) is 3. The molecule has 0 saturated carbocycles. The molecule has 1 heterocycles. The van der Waals surface area contributed by atoms with E-state index in [0.717, 1.165) is 0 Å². The van der Waals surface area contributed by atoms with E-state index >= 15 is 0 Å². The van der Waals surface area contributed by atoms with E-state index in [4.69, 9.17) is 16.3 Å². The van der Waals surface area contributed by atoms with Crippen molar-refractivity contribution in [3.8, 4) is 5.75 Å². The van der Waals surface area contributed by atoms with Gasteiger partial charge in [0.25, 0.3) is 0 Å². The summed E-state index contributed by atoms with van der Waals surface area (Å²) in [6, 6.07) is 13.2. The number of anilines is 1. The molecular weight excluding hydrogens is 415 g/mol. The van der Waals surface area contributed by atoms with E-state index in [-0.39, 0.29) is 23.5 Å². The zero-order valence-electron chi connectivity index (χ0n) is 15.9. The normalized spacial score (nSPS) is 11.9. The summed E-state index contributed by atoms with van der Waals surface area (Å²) in [5.74, 6) is 0.463. The van der Waals surface area contributed by atoms with Gasteiger partial charge in [-0.25, -0.2) is 4.39 Å². The van der Waals surface area contributed by atoms with Gasteiger partial charge in [-0.2, -0.15) is 0 Å². The van der Waals surface area contributed by atoms with Gasteiger partial charge < -0.3 is 14.6 Å². The SMILES string of the molecule is CCn1c(SCC(=O)Nc2ccccc2F)nnc1C(C)Oc1ccccc1Cl. The molecule has 9 heteroatoms. The van der Waals surface area contributed by atoms with E-state index in [1.807, 2.05) is 30.5 Å². The van der Waals surface area contributed by atoms with Gasteiger partial charge in [-0.15, -0.1) is 10.2 Å². The van der Waals surface area contributed by atoms with Crippen molar-refractivity contribution in [3.63, 3.8) is 0 Å². The summed E-state index contributed by atoms with van der Waals surface area (Å²) < 4.78 is 21.5. The molecule has 0 aliphatic carbocycles. The molecule has 0 radical (unpaired) electrons. The first kappa shape index (κ1) is 21.1. The lowest BCUT2D eigenvalue weighted by molar-refractivity contribution is -0.113. The van der Waals surface area contributed by atoms with E-state index in [1.54, 1.807) is 24.3 Å². The van der Waals surface area contributed by atoms with E-state index in [0.29, 0.717) is 28.3 Å². The van der Waals surface area contributed by atoms with Gasteiger partial charge in [0, 0.05) is 6.54 Å². The van der Waals surface area contributed by atoms with Crippen LogP contribution in [0.2, 0.25) is 5.02 Å². The Morgan fingerprint density at radius 3 is 2.69 bits per heavy atom. The minimum Gasteiger partial charge on any atom is -0.481 e. The zero-order valence-corrected chi connectivity index (χ0v) is 17.5. The Bertz CT molecular complexity index is 998. The topological polar surface area (TPSA) is 69.0 Å². The maximum Gasteiger partial charge on any atom is 0.234 e. The van der Waals surface area contributed by atoms with Gasteiger partial charge >= 0.3 is 0 Å². The van der Waals surface area contributed by atoms with Gasteiger partial charge in [-0.3, -0.25) is 4.79 Å². The number of aromatic nitrogens is 3. The molecule has 1 N–H and O–H groups in total. The first-order chi connectivity index (χ1) is 14.0. The predicted molar refractivity (Wildman–Crippen MR) is 112 cm³/mol. The van der Waals surface area contributed by atoms with Crippen molar-refractivity contribution in [1.29, 1.82) is 0 Å². The fourth-order valence-corrected chi connectivity index (χ4v) is 3.66. The van der Waals surface area contributed by atoms with Gasteiger partial charge in [0.2, 0.25) is 5.91 Å². The maximum absolute atomic E-state index is 13.7. The molecule has 0 aliphatic heterocycles. The summed E-state index contributed by atoms with van der Waals surface area (Å²) in [4.78, 5) is 12.2. The molecule has 0 saturated heterocycles. The van der Waals surface area contributed by atoms with Gasteiger partial charge in [0.1, 0.15) is 11.6 Å². The number of thioether (sulfide) groups is 1. The lowest BCUT2D eigenvalue weighted by Gasteiger charge is -2.16. The number of hydrogen-bond acceptors (Lipinski definition) is 5. The number of ether oxygens (including phenoxy) is 1. The number of carbonyl (C=O) groups is 1. The van der Waals surface area contributed by atoms with E-state index in [2.05, 4.69) is 15.5 Å². The summed E-state index contributed by atoms with van der Waals surface area (Å²) in [5, 5.41) is 12.1. The molecule has 29 heavy (non-hydrogen) atoms. The Balaban J connectivity index is 1.65. The Morgan fingerprint density at radius 1 is 1.24 bits per heavy atom. The monoisotopic (exact) mass is 434 g/mol. The molecule has 1 aromatic heterocycles. The largest absolute Gasteiger partial charge is 0.481 e. The minimum absolute atomic E-state index is 0.0756. The third kappa shape index (κ3) is 5.27. The van der Waals surface area contributed by atoms with Crippen molar-refractivity contribution in [3.05, 3.63) is 65.2 Å². The smallest absolute Gasteiger partial charge is 0.234 e. The Kier molecular flexibility index (Phi) is 7.11. The van der Waals surface area contributed by atoms with Gasteiger partial charge in [-0.1, -0.05) is 47.6 Å². The average molecular weight is 435 g/mol. The zero-order chi connectivity index (χ0) is 20.8. The highest BCUT2D eigenvalue weighted by Gasteiger charge is 2.20. The number of amides is 1. The Morgan fingerprint density at radius 2 is 1.97 bits per heavy atom. The molecule has 0 fully saturated rings. The van der Waals surface area contributed by atoms with E-state index in [1.165, 1.54) is 23.9 Å². The number of halogens is 2. The summed E-state index contributed by atoms with van der Waals surface area (Å²) >= 11 is 7.38. The molecule has 1 atom stereocenters. The van der Waals surface area contributed by atoms with Crippen LogP contribution in [0.25, 0.3) is 0 Å². The molecule has 0 aliphatic rings. The molecule has 1 unspecified atom stereocenters. The van der Waals surface area contributed by atoms with Crippen molar-refractivity contribution in [2.24, 2.45) is 0 Å². The van der Waals surface area contributed by atoms with Crippen molar-refractivity contribution in [2.75, 3.05) is 11.1 Å². The quantitative estimate of drug-likeness (QED) is 0.507. The maximum atomic E-state index is 13.7. The number of benzene rings is 2. The standard InChI is InChI=1S/C20H20ClFN4O2S/c1-3-26-19(13(2)28-17-11-7-4-8-14(17)21)24-25-20(26)29-12-18(27)23-16-10-6-5-9-15(16)22/h4-11,13H,3,12H2,1-2H3,(H,23,27). The molecule has 0 bridgehead atoms. The molecule has 1 amide bonds. The number of hydrogen-bond donors (Lipinski definition) is 1. The molecule has 0 spiro atoms. The van der Waals surface area contributed by atoms with Crippen LogP contribution >= 0.6 is 23.4 Å². The van der Waals surface area contributed by atoms with Crippen LogP contribution in [-0.2, 0) is 11.3 Å². The number of rotatable bonds is 8. The molecule has 3 rings (SSSR count). The highest BCUT2D eigenvalue weighted by atomic mass is 35.5. The second-order valence-electron chi connectivity index (χ2n) is 6.09.